The molecule has 4 nitrogen and oxygen atoms in total. The van der Waals surface area contributed by atoms with Gasteiger partial charge in [0.2, 0.25) is 0 Å². The Morgan fingerprint density at radius 3 is 3.04 bits per heavy atom. The van der Waals surface area contributed by atoms with Gasteiger partial charge < -0.3 is 15.1 Å². The average Bonchev–Trinajstić information content (AvgIpc) is 3.21. The number of amides is 2. The van der Waals surface area contributed by atoms with E-state index >= 15 is 0 Å². The van der Waals surface area contributed by atoms with E-state index in [1.165, 1.54) is 16.8 Å². The number of para-hydroxylation sites is 1. The first-order chi connectivity index (χ1) is 11.2. The third kappa shape index (κ3) is 4.05. The number of anilines is 1. The van der Waals surface area contributed by atoms with Crippen LogP contribution in [-0.2, 0) is 13.0 Å². The number of benzene rings is 1. The molecule has 1 aliphatic heterocycles. The van der Waals surface area contributed by atoms with E-state index < -0.39 is 0 Å². The van der Waals surface area contributed by atoms with Crippen molar-refractivity contribution in [1.29, 1.82) is 0 Å². The van der Waals surface area contributed by atoms with Gasteiger partial charge in [-0.3, -0.25) is 0 Å². The minimum Gasteiger partial charge on any atom is -0.371 e. The Bertz CT molecular complexity index is 641. The van der Waals surface area contributed by atoms with Crippen LogP contribution in [0.4, 0.5) is 10.5 Å². The van der Waals surface area contributed by atoms with Crippen molar-refractivity contribution in [2.45, 2.75) is 19.4 Å². The van der Waals surface area contributed by atoms with Crippen molar-refractivity contribution in [3.05, 3.63) is 52.2 Å². The molecule has 122 valence electrons. The minimum atomic E-state index is -0.00183. The first-order valence-corrected chi connectivity index (χ1v) is 9.01. The zero-order valence-corrected chi connectivity index (χ0v) is 14.3. The summed E-state index contributed by atoms with van der Waals surface area (Å²) in [6, 6.07) is 10.6. The smallest absolute Gasteiger partial charge is 0.317 e. The number of carbonyl (C=O) groups is 1. The van der Waals surface area contributed by atoms with Crippen LogP contribution in [0.5, 0.6) is 0 Å². The summed E-state index contributed by atoms with van der Waals surface area (Å²) in [6.45, 7) is 3.46. The van der Waals surface area contributed by atoms with Gasteiger partial charge in [-0.1, -0.05) is 18.2 Å². The molecule has 1 aromatic heterocycles. The van der Waals surface area contributed by atoms with Crippen LogP contribution in [0.25, 0.3) is 0 Å². The molecule has 5 heteroatoms. The summed E-state index contributed by atoms with van der Waals surface area (Å²) in [5.74, 6) is 0. The van der Waals surface area contributed by atoms with Crippen molar-refractivity contribution >= 4 is 23.1 Å². The Morgan fingerprint density at radius 1 is 1.35 bits per heavy atom. The van der Waals surface area contributed by atoms with Crippen LogP contribution >= 0.6 is 11.3 Å². The van der Waals surface area contributed by atoms with Gasteiger partial charge in [-0.25, -0.2) is 4.79 Å². The van der Waals surface area contributed by atoms with E-state index in [1.807, 2.05) is 12.4 Å². The van der Waals surface area contributed by atoms with Gasteiger partial charge in [-0.2, -0.15) is 11.3 Å². The first-order valence-electron chi connectivity index (χ1n) is 8.07. The van der Waals surface area contributed by atoms with Crippen LogP contribution in [0.3, 0.4) is 0 Å². The summed E-state index contributed by atoms with van der Waals surface area (Å²) in [4.78, 5) is 16.2. The van der Waals surface area contributed by atoms with Crippen molar-refractivity contribution in [2.24, 2.45) is 0 Å². The number of urea groups is 1. The SMILES string of the molecule is CN(Cc1ccsc1)C(=O)NCCCN1CCc2ccccc21. The third-order valence-corrected chi connectivity index (χ3v) is 4.94. The van der Waals surface area contributed by atoms with Gasteiger partial charge in [0.1, 0.15) is 0 Å². The third-order valence-electron chi connectivity index (χ3n) is 4.21. The molecule has 0 spiro atoms. The highest BCUT2D eigenvalue weighted by molar-refractivity contribution is 7.07. The summed E-state index contributed by atoms with van der Waals surface area (Å²) in [7, 11) is 1.84. The molecule has 2 aromatic rings. The summed E-state index contributed by atoms with van der Waals surface area (Å²) < 4.78 is 0. The largest absolute Gasteiger partial charge is 0.371 e. The molecule has 1 N–H and O–H groups in total. The van der Waals surface area contributed by atoms with E-state index in [-0.39, 0.29) is 6.03 Å². The Kier molecular flexibility index (Phi) is 5.18. The summed E-state index contributed by atoms with van der Waals surface area (Å²) in [5, 5.41) is 7.12. The van der Waals surface area contributed by atoms with E-state index in [0.29, 0.717) is 13.1 Å². The molecule has 23 heavy (non-hydrogen) atoms. The van der Waals surface area contributed by atoms with Gasteiger partial charge in [0.15, 0.2) is 0 Å². The van der Waals surface area contributed by atoms with Gasteiger partial charge in [0.25, 0.3) is 0 Å². The molecule has 0 bridgehead atoms. The van der Waals surface area contributed by atoms with Crippen LogP contribution < -0.4 is 10.2 Å². The lowest BCUT2D eigenvalue weighted by atomic mass is 10.2. The number of carbonyl (C=O) groups excluding carboxylic acids is 1. The molecule has 0 saturated carbocycles. The minimum absolute atomic E-state index is 0.00183. The highest BCUT2D eigenvalue weighted by atomic mass is 32.1. The maximum Gasteiger partial charge on any atom is 0.317 e. The number of hydrogen-bond donors (Lipinski definition) is 1. The molecule has 0 radical (unpaired) electrons. The molecular formula is C18H23N3OS. The fraction of sp³-hybridized carbons (Fsp3) is 0.389. The van der Waals surface area contributed by atoms with Crippen LogP contribution in [0, 0.1) is 0 Å². The lowest BCUT2D eigenvalue weighted by Crippen LogP contribution is -2.38. The van der Waals surface area contributed by atoms with E-state index in [2.05, 4.69) is 45.9 Å². The molecule has 2 amide bonds. The lowest BCUT2D eigenvalue weighted by Gasteiger charge is -2.20. The highest BCUT2D eigenvalue weighted by Crippen LogP contribution is 2.27. The molecule has 0 unspecified atom stereocenters. The Morgan fingerprint density at radius 2 is 2.22 bits per heavy atom. The van der Waals surface area contributed by atoms with Crippen LogP contribution in [0.1, 0.15) is 17.5 Å². The fourth-order valence-corrected chi connectivity index (χ4v) is 3.63. The van der Waals surface area contributed by atoms with Crippen molar-refractivity contribution in [3.63, 3.8) is 0 Å². The summed E-state index contributed by atoms with van der Waals surface area (Å²) in [5.41, 5.74) is 3.97. The quantitative estimate of drug-likeness (QED) is 0.825. The maximum atomic E-state index is 12.1. The van der Waals surface area contributed by atoms with Crippen molar-refractivity contribution in [1.82, 2.24) is 10.2 Å². The van der Waals surface area contributed by atoms with Crippen molar-refractivity contribution in [3.8, 4) is 0 Å². The second-order valence-corrected chi connectivity index (χ2v) is 6.72. The zero-order chi connectivity index (χ0) is 16.1. The monoisotopic (exact) mass is 329 g/mol. The second-order valence-electron chi connectivity index (χ2n) is 5.94. The molecule has 0 aliphatic carbocycles. The molecular weight excluding hydrogens is 306 g/mol. The number of fused-ring (bicyclic) bond motifs is 1. The highest BCUT2D eigenvalue weighted by Gasteiger charge is 2.17. The molecule has 2 heterocycles. The van der Waals surface area contributed by atoms with E-state index in [0.717, 1.165) is 25.9 Å². The van der Waals surface area contributed by atoms with Gasteiger partial charge in [-0.15, -0.1) is 0 Å². The molecule has 0 saturated heterocycles. The summed E-state index contributed by atoms with van der Waals surface area (Å²) >= 11 is 1.66. The zero-order valence-electron chi connectivity index (χ0n) is 13.5. The predicted molar refractivity (Wildman–Crippen MR) is 96.2 cm³/mol. The molecule has 3 rings (SSSR count). The molecule has 0 fully saturated rings. The van der Waals surface area contributed by atoms with Gasteiger partial charge in [-0.05, 0) is 46.9 Å². The standard InChI is InChI=1S/C18H23N3OS/c1-20(13-15-8-12-23-14-15)18(22)19-9-4-10-21-11-7-16-5-2-3-6-17(16)21/h2-3,5-6,8,12,14H,4,7,9-11,13H2,1H3,(H,19,22). The molecule has 0 atom stereocenters. The van der Waals surface area contributed by atoms with Gasteiger partial charge >= 0.3 is 6.03 Å². The Labute approximate surface area is 141 Å². The number of hydrogen-bond acceptors (Lipinski definition) is 3. The van der Waals surface area contributed by atoms with E-state index in [4.69, 9.17) is 0 Å². The lowest BCUT2D eigenvalue weighted by molar-refractivity contribution is 0.207. The predicted octanol–water partition coefficient (Wildman–Crippen LogP) is 3.34. The normalized spacial score (nSPS) is 13.0. The average molecular weight is 329 g/mol. The van der Waals surface area contributed by atoms with Gasteiger partial charge in [0.05, 0.1) is 0 Å². The number of nitrogens with zero attached hydrogens (tertiary/aromatic N) is 2. The molecule has 1 aromatic carbocycles. The number of nitrogens with one attached hydrogen (secondary N) is 1. The van der Waals surface area contributed by atoms with E-state index in [1.54, 1.807) is 16.2 Å². The van der Waals surface area contributed by atoms with Crippen LogP contribution in [0.2, 0.25) is 0 Å². The molecule has 1 aliphatic rings. The Hall–Kier alpha value is -2.01. The number of rotatable bonds is 6. The topological polar surface area (TPSA) is 35.6 Å². The van der Waals surface area contributed by atoms with E-state index in [9.17, 15) is 4.79 Å². The van der Waals surface area contributed by atoms with Crippen molar-refractivity contribution in [2.75, 3.05) is 31.6 Å². The summed E-state index contributed by atoms with van der Waals surface area (Å²) in [6.07, 6.45) is 2.10. The van der Waals surface area contributed by atoms with Gasteiger partial charge in [0, 0.05) is 38.9 Å². The second kappa shape index (κ2) is 7.51. The van der Waals surface area contributed by atoms with Crippen LogP contribution in [-0.4, -0.2) is 37.6 Å². The first kappa shape index (κ1) is 15.9. The maximum absolute atomic E-state index is 12.1. The van der Waals surface area contributed by atoms with Crippen LogP contribution in [0.15, 0.2) is 41.1 Å². The van der Waals surface area contributed by atoms with Crippen molar-refractivity contribution < 1.29 is 4.79 Å². The Balaban J connectivity index is 1.38. The fourth-order valence-electron chi connectivity index (χ4n) is 2.97. The number of thiophene rings is 1.